The third kappa shape index (κ3) is 2.72. The Morgan fingerprint density at radius 3 is 2.52 bits per heavy atom. The van der Waals surface area contributed by atoms with E-state index in [1.165, 1.54) is 0 Å². The highest BCUT2D eigenvalue weighted by Crippen LogP contribution is 2.25. The van der Waals surface area contributed by atoms with Gasteiger partial charge in [0.15, 0.2) is 0 Å². The summed E-state index contributed by atoms with van der Waals surface area (Å²) in [6.45, 7) is 0. The Labute approximate surface area is 123 Å². The fourth-order valence-electron chi connectivity index (χ4n) is 2.44. The quantitative estimate of drug-likeness (QED) is 0.569. The minimum atomic E-state index is -0.0812. The summed E-state index contributed by atoms with van der Waals surface area (Å²) < 4.78 is 5.18. The topological polar surface area (TPSA) is 60.2 Å². The molecule has 106 valence electrons. The van der Waals surface area contributed by atoms with Crippen LogP contribution < -0.4 is 16.0 Å². The predicted molar refractivity (Wildman–Crippen MR) is 83.9 cm³/mol. The van der Waals surface area contributed by atoms with Crippen molar-refractivity contribution in [2.75, 3.05) is 7.11 Å². The Kier molecular flexibility index (Phi) is 3.81. The van der Waals surface area contributed by atoms with E-state index in [4.69, 9.17) is 10.6 Å². The molecule has 0 fully saturated rings. The molecule has 0 amide bonds. The van der Waals surface area contributed by atoms with Gasteiger partial charge in [-0.2, -0.15) is 0 Å². The molecule has 4 heteroatoms. The summed E-state index contributed by atoms with van der Waals surface area (Å²) in [5.74, 6) is 6.58. The van der Waals surface area contributed by atoms with Gasteiger partial charge in [-0.25, -0.2) is 5.43 Å². The molecule has 0 aliphatic carbocycles. The van der Waals surface area contributed by atoms with Gasteiger partial charge < -0.3 is 4.74 Å². The summed E-state index contributed by atoms with van der Waals surface area (Å²) in [5, 5.41) is 1.12. The van der Waals surface area contributed by atoms with Crippen molar-refractivity contribution in [2.45, 2.75) is 6.04 Å². The fraction of sp³-hybridized carbons (Fsp3) is 0.118. The Morgan fingerprint density at radius 2 is 1.81 bits per heavy atom. The highest BCUT2D eigenvalue weighted by molar-refractivity contribution is 5.79. The van der Waals surface area contributed by atoms with E-state index in [0.29, 0.717) is 0 Å². The maximum Gasteiger partial charge on any atom is 0.118 e. The Morgan fingerprint density at radius 1 is 1.05 bits per heavy atom. The largest absolute Gasteiger partial charge is 0.497 e. The van der Waals surface area contributed by atoms with Crippen LogP contribution in [0.3, 0.4) is 0 Å². The molecule has 2 aromatic carbocycles. The van der Waals surface area contributed by atoms with Gasteiger partial charge in [-0.15, -0.1) is 0 Å². The number of pyridine rings is 1. The zero-order valence-corrected chi connectivity index (χ0v) is 11.8. The first kappa shape index (κ1) is 13.5. The number of rotatable bonds is 4. The van der Waals surface area contributed by atoms with Gasteiger partial charge in [0, 0.05) is 11.6 Å². The van der Waals surface area contributed by atoms with Gasteiger partial charge >= 0.3 is 0 Å². The third-order valence-electron chi connectivity index (χ3n) is 3.58. The minimum absolute atomic E-state index is 0.0812. The molecular weight excluding hydrogens is 262 g/mol. The lowest BCUT2D eigenvalue weighted by atomic mass is 9.98. The van der Waals surface area contributed by atoms with Gasteiger partial charge in [0.05, 0.1) is 18.7 Å². The maximum absolute atomic E-state index is 5.75. The molecule has 0 saturated carbocycles. The van der Waals surface area contributed by atoms with Gasteiger partial charge in [-0.3, -0.25) is 10.8 Å². The number of hydrogen-bond donors (Lipinski definition) is 2. The zero-order valence-electron chi connectivity index (χ0n) is 11.8. The van der Waals surface area contributed by atoms with Gasteiger partial charge in [-0.1, -0.05) is 30.3 Å². The first-order valence-corrected chi connectivity index (χ1v) is 6.76. The summed E-state index contributed by atoms with van der Waals surface area (Å²) in [5.41, 5.74) is 5.99. The van der Waals surface area contributed by atoms with Crippen LogP contribution in [-0.2, 0) is 0 Å². The van der Waals surface area contributed by atoms with Crippen molar-refractivity contribution < 1.29 is 4.74 Å². The second kappa shape index (κ2) is 5.91. The van der Waals surface area contributed by atoms with Crippen molar-refractivity contribution in [1.82, 2.24) is 10.4 Å². The SMILES string of the molecule is COc1ccc(C(NN)c2ccc3cccnc3c2)cc1. The monoisotopic (exact) mass is 279 g/mol. The van der Waals surface area contributed by atoms with Crippen molar-refractivity contribution in [3.05, 3.63) is 71.9 Å². The van der Waals surface area contributed by atoms with E-state index in [9.17, 15) is 0 Å². The fourth-order valence-corrected chi connectivity index (χ4v) is 2.44. The van der Waals surface area contributed by atoms with Gasteiger partial charge in [-0.05, 0) is 35.4 Å². The van der Waals surface area contributed by atoms with Crippen LogP contribution in [0.2, 0.25) is 0 Å². The lowest BCUT2D eigenvalue weighted by Gasteiger charge is -2.17. The van der Waals surface area contributed by atoms with Gasteiger partial charge in [0.2, 0.25) is 0 Å². The Balaban J connectivity index is 2.00. The summed E-state index contributed by atoms with van der Waals surface area (Å²) in [6.07, 6.45) is 1.80. The molecule has 0 spiro atoms. The lowest BCUT2D eigenvalue weighted by Crippen LogP contribution is -2.28. The lowest BCUT2D eigenvalue weighted by molar-refractivity contribution is 0.414. The van der Waals surface area contributed by atoms with Crippen LogP contribution in [0.5, 0.6) is 5.75 Å². The number of benzene rings is 2. The average Bonchev–Trinajstić information content (AvgIpc) is 2.56. The molecule has 0 saturated heterocycles. The molecular formula is C17H17N3O. The van der Waals surface area contributed by atoms with Crippen molar-refractivity contribution >= 4 is 10.9 Å². The number of aromatic nitrogens is 1. The number of nitrogens with one attached hydrogen (secondary N) is 1. The molecule has 0 bridgehead atoms. The second-order valence-corrected chi connectivity index (χ2v) is 4.83. The minimum Gasteiger partial charge on any atom is -0.497 e. The molecule has 0 aliphatic heterocycles. The molecule has 0 radical (unpaired) electrons. The molecule has 3 N–H and O–H groups in total. The van der Waals surface area contributed by atoms with Crippen LogP contribution >= 0.6 is 0 Å². The van der Waals surface area contributed by atoms with Gasteiger partial charge in [0.25, 0.3) is 0 Å². The molecule has 3 aromatic rings. The summed E-state index contributed by atoms with van der Waals surface area (Å²) >= 11 is 0. The van der Waals surface area contributed by atoms with Crippen LogP contribution in [0.4, 0.5) is 0 Å². The molecule has 21 heavy (non-hydrogen) atoms. The number of ether oxygens (including phenoxy) is 1. The number of fused-ring (bicyclic) bond motifs is 1. The van der Waals surface area contributed by atoms with E-state index >= 15 is 0 Å². The summed E-state index contributed by atoms with van der Waals surface area (Å²) in [6, 6.07) is 18.0. The smallest absolute Gasteiger partial charge is 0.118 e. The second-order valence-electron chi connectivity index (χ2n) is 4.83. The predicted octanol–water partition coefficient (Wildman–Crippen LogP) is 2.80. The third-order valence-corrected chi connectivity index (χ3v) is 3.58. The van der Waals surface area contributed by atoms with E-state index in [2.05, 4.69) is 28.6 Å². The molecule has 1 aromatic heterocycles. The highest BCUT2D eigenvalue weighted by Gasteiger charge is 2.13. The molecule has 1 atom stereocenters. The van der Waals surface area contributed by atoms with Crippen molar-refractivity contribution in [3.63, 3.8) is 0 Å². The highest BCUT2D eigenvalue weighted by atomic mass is 16.5. The van der Waals surface area contributed by atoms with E-state index < -0.39 is 0 Å². The van der Waals surface area contributed by atoms with Gasteiger partial charge in [0.1, 0.15) is 5.75 Å². The van der Waals surface area contributed by atoms with Crippen LogP contribution in [0, 0.1) is 0 Å². The first-order valence-electron chi connectivity index (χ1n) is 6.76. The van der Waals surface area contributed by atoms with E-state index in [-0.39, 0.29) is 6.04 Å². The summed E-state index contributed by atoms with van der Waals surface area (Å²) in [7, 11) is 1.66. The van der Waals surface area contributed by atoms with Crippen LogP contribution in [-0.4, -0.2) is 12.1 Å². The molecule has 4 nitrogen and oxygen atoms in total. The molecule has 0 aliphatic rings. The van der Waals surface area contributed by atoms with Crippen molar-refractivity contribution in [1.29, 1.82) is 0 Å². The summed E-state index contributed by atoms with van der Waals surface area (Å²) in [4.78, 5) is 4.39. The Hall–Kier alpha value is -2.43. The van der Waals surface area contributed by atoms with E-state index in [1.54, 1.807) is 13.3 Å². The molecule has 3 rings (SSSR count). The molecule has 1 heterocycles. The number of hydrogen-bond acceptors (Lipinski definition) is 4. The van der Waals surface area contributed by atoms with Crippen LogP contribution in [0.25, 0.3) is 10.9 Å². The van der Waals surface area contributed by atoms with E-state index in [1.807, 2.05) is 36.4 Å². The first-order chi connectivity index (χ1) is 10.3. The molecule has 1 unspecified atom stereocenters. The normalized spacial score (nSPS) is 12.3. The average molecular weight is 279 g/mol. The zero-order chi connectivity index (χ0) is 14.7. The van der Waals surface area contributed by atoms with Crippen LogP contribution in [0.1, 0.15) is 17.2 Å². The van der Waals surface area contributed by atoms with Crippen LogP contribution in [0.15, 0.2) is 60.8 Å². The van der Waals surface area contributed by atoms with Crippen molar-refractivity contribution in [2.24, 2.45) is 5.84 Å². The van der Waals surface area contributed by atoms with E-state index in [0.717, 1.165) is 27.8 Å². The maximum atomic E-state index is 5.75. The standard InChI is InChI=1S/C17H17N3O/c1-21-15-8-6-13(7-9-15)17(20-18)14-5-4-12-3-2-10-19-16(12)11-14/h2-11,17,20H,18H2,1H3. The van der Waals surface area contributed by atoms with Crippen molar-refractivity contribution in [3.8, 4) is 5.75 Å². The number of nitrogens with zero attached hydrogens (tertiary/aromatic N) is 1. The number of hydrazine groups is 1. The Bertz CT molecular complexity index is 740. The number of nitrogens with two attached hydrogens (primary N) is 1. The number of methoxy groups -OCH3 is 1.